The third kappa shape index (κ3) is 5.29. The molecular weight excluding hydrogens is 238 g/mol. The Labute approximate surface area is 106 Å². The van der Waals surface area contributed by atoms with Gasteiger partial charge in [0.1, 0.15) is 23.5 Å². The molecule has 0 aliphatic heterocycles. The summed E-state index contributed by atoms with van der Waals surface area (Å²) in [5.41, 5.74) is 0. The molecule has 3 atom stereocenters. The van der Waals surface area contributed by atoms with Gasteiger partial charge in [-0.15, -0.1) is 0 Å². The van der Waals surface area contributed by atoms with Crippen molar-refractivity contribution in [3.63, 3.8) is 0 Å². The monoisotopic (exact) mass is 257 g/mol. The topological polar surface area (TPSA) is 101 Å². The minimum atomic E-state index is -1.52. The zero-order chi connectivity index (χ0) is 14.5. The lowest BCUT2D eigenvalue weighted by Crippen LogP contribution is -2.54. The molecule has 0 bridgehead atoms. The van der Waals surface area contributed by atoms with Crippen LogP contribution in [-0.2, 0) is 19.2 Å². The number of nitrogens with one attached hydrogen (secondary N) is 1. The lowest BCUT2D eigenvalue weighted by Gasteiger charge is -2.24. The summed E-state index contributed by atoms with van der Waals surface area (Å²) in [5, 5.41) is 12.2. The summed E-state index contributed by atoms with van der Waals surface area (Å²) in [6.45, 7) is 4.95. The van der Waals surface area contributed by atoms with E-state index in [9.17, 15) is 24.3 Å². The Morgan fingerprint density at radius 3 is 1.72 bits per heavy atom. The molecule has 0 saturated carbocycles. The van der Waals surface area contributed by atoms with Gasteiger partial charge >= 0.3 is 0 Å². The van der Waals surface area contributed by atoms with Crippen LogP contribution in [0, 0.1) is 0 Å². The second-order valence-corrected chi connectivity index (χ2v) is 4.38. The van der Waals surface area contributed by atoms with Crippen molar-refractivity contribution in [1.29, 1.82) is 0 Å². The van der Waals surface area contributed by atoms with Crippen LogP contribution in [0.1, 0.15) is 34.1 Å². The molecule has 0 aromatic heterocycles. The fraction of sp³-hybridized carbons (Fsp3) is 0.667. The van der Waals surface area contributed by atoms with Crippen molar-refractivity contribution in [1.82, 2.24) is 5.32 Å². The van der Waals surface area contributed by atoms with Crippen LogP contribution in [0.4, 0.5) is 0 Å². The maximum atomic E-state index is 11.4. The highest BCUT2D eigenvalue weighted by atomic mass is 16.3. The Kier molecular flexibility index (Phi) is 6.57. The van der Waals surface area contributed by atoms with Crippen LogP contribution < -0.4 is 5.32 Å². The molecule has 0 spiro atoms. The summed E-state index contributed by atoms with van der Waals surface area (Å²) in [5.74, 6) is -1.59. The maximum Gasteiger partial charge on any atom is 0.160 e. The molecule has 2 N–H and O–H groups in total. The summed E-state index contributed by atoms with van der Waals surface area (Å²) in [4.78, 5) is 44.8. The minimum Gasteiger partial charge on any atom is -0.383 e. The van der Waals surface area contributed by atoms with Gasteiger partial charge in [0.15, 0.2) is 5.78 Å². The molecule has 0 heterocycles. The van der Waals surface area contributed by atoms with Crippen molar-refractivity contribution in [2.45, 2.75) is 52.3 Å². The second-order valence-electron chi connectivity index (χ2n) is 4.38. The molecule has 0 aromatic carbocycles. The fourth-order valence-corrected chi connectivity index (χ4v) is 1.49. The predicted molar refractivity (Wildman–Crippen MR) is 64.1 cm³/mol. The molecule has 3 unspecified atom stereocenters. The molecule has 0 aromatic rings. The van der Waals surface area contributed by atoms with Crippen molar-refractivity contribution < 1.29 is 24.3 Å². The van der Waals surface area contributed by atoms with E-state index in [0.717, 1.165) is 6.92 Å². The molecule has 0 aliphatic rings. The highest BCUT2D eigenvalue weighted by Gasteiger charge is 2.31. The molecule has 0 aliphatic carbocycles. The summed E-state index contributed by atoms with van der Waals surface area (Å²) < 4.78 is 0. The van der Waals surface area contributed by atoms with E-state index < -0.39 is 29.8 Å². The van der Waals surface area contributed by atoms with Gasteiger partial charge in [-0.3, -0.25) is 24.5 Å². The Morgan fingerprint density at radius 2 is 1.44 bits per heavy atom. The van der Waals surface area contributed by atoms with Crippen LogP contribution in [0.2, 0.25) is 0 Å². The zero-order valence-corrected chi connectivity index (χ0v) is 11.0. The summed E-state index contributed by atoms with van der Waals surface area (Å²) in [6.07, 6.45) is -1.60. The quantitative estimate of drug-likeness (QED) is 0.603. The van der Waals surface area contributed by atoms with Gasteiger partial charge in [0, 0.05) is 6.42 Å². The van der Waals surface area contributed by atoms with E-state index >= 15 is 0 Å². The predicted octanol–water partition coefficient (Wildman–Crippen LogP) is -0.580. The van der Waals surface area contributed by atoms with E-state index in [0.29, 0.717) is 0 Å². The number of aliphatic hydroxyl groups is 1. The molecule has 6 nitrogen and oxygen atoms in total. The van der Waals surface area contributed by atoms with Crippen molar-refractivity contribution in [2.75, 3.05) is 0 Å². The van der Waals surface area contributed by atoms with Gasteiger partial charge in [0.2, 0.25) is 0 Å². The van der Waals surface area contributed by atoms with E-state index in [1.54, 1.807) is 0 Å². The number of Topliss-reactive ketones (excluding diaryl/α,β-unsaturated/α-hetero) is 4. The fourth-order valence-electron chi connectivity index (χ4n) is 1.49. The first-order chi connectivity index (χ1) is 8.16. The van der Waals surface area contributed by atoms with Crippen LogP contribution in [0.5, 0.6) is 0 Å². The van der Waals surface area contributed by atoms with Crippen molar-refractivity contribution >= 4 is 23.1 Å². The van der Waals surface area contributed by atoms with Gasteiger partial charge in [-0.1, -0.05) is 0 Å². The SMILES string of the molecule is CC(=O)CC(NC(C(C)=O)C(O)C(C)=O)C(C)=O. The standard InChI is InChI=1S/C12H19NO5/c1-6(14)5-10(7(2)15)13-11(8(3)16)12(18)9(4)17/h10-13,18H,5H2,1-4H3. The van der Waals surface area contributed by atoms with Gasteiger partial charge in [0.05, 0.1) is 12.1 Å². The molecule has 0 saturated heterocycles. The molecule has 18 heavy (non-hydrogen) atoms. The van der Waals surface area contributed by atoms with Crippen molar-refractivity contribution in [3.8, 4) is 0 Å². The normalized spacial score (nSPS) is 15.6. The lowest BCUT2D eigenvalue weighted by atomic mass is 10.00. The van der Waals surface area contributed by atoms with Gasteiger partial charge in [-0.25, -0.2) is 0 Å². The Hall–Kier alpha value is -1.40. The second kappa shape index (κ2) is 7.13. The molecule has 0 rings (SSSR count). The van der Waals surface area contributed by atoms with Gasteiger partial charge in [-0.2, -0.15) is 0 Å². The van der Waals surface area contributed by atoms with Crippen molar-refractivity contribution in [2.24, 2.45) is 0 Å². The van der Waals surface area contributed by atoms with E-state index in [-0.39, 0.29) is 18.0 Å². The molecule has 0 amide bonds. The van der Waals surface area contributed by atoms with Crippen LogP contribution in [0.25, 0.3) is 0 Å². The lowest BCUT2D eigenvalue weighted by molar-refractivity contribution is -0.134. The largest absolute Gasteiger partial charge is 0.383 e. The van der Waals surface area contributed by atoms with Gasteiger partial charge in [-0.05, 0) is 27.7 Å². The Balaban J connectivity index is 4.93. The van der Waals surface area contributed by atoms with E-state index in [1.165, 1.54) is 20.8 Å². The molecular formula is C12H19NO5. The minimum absolute atomic E-state index is 0.0796. The number of carbonyl (C=O) groups excluding carboxylic acids is 4. The molecule has 6 heteroatoms. The smallest absolute Gasteiger partial charge is 0.160 e. The third-order valence-electron chi connectivity index (χ3n) is 2.53. The maximum absolute atomic E-state index is 11.4. The number of ketones is 4. The van der Waals surface area contributed by atoms with Crippen LogP contribution in [0.3, 0.4) is 0 Å². The molecule has 0 fully saturated rings. The van der Waals surface area contributed by atoms with Gasteiger partial charge in [0.25, 0.3) is 0 Å². The Bertz CT molecular complexity index is 363. The van der Waals surface area contributed by atoms with Crippen LogP contribution in [0.15, 0.2) is 0 Å². The number of aliphatic hydroxyl groups excluding tert-OH is 1. The van der Waals surface area contributed by atoms with Crippen LogP contribution >= 0.6 is 0 Å². The number of carbonyl (C=O) groups is 4. The van der Waals surface area contributed by atoms with E-state index in [4.69, 9.17) is 0 Å². The summed E-state index contributed by atoms with van der Waals surface area (Å²) >= 11 is 0. The summed E-state index contributed by atoms with van der Waals surface area (Å²) in [6, 6.07) is -2.04. The number of hydrogen-bond acceptors (Lipinski definition) is 6. The first-order valence-corrected chi connectivity index (χ1v) is 5.61. The van der Waals surface area contributed by atoms with E-state index in [2.05, 4.69) is 5.32 Å². The molecule has 102 valence electrons. The van der Waals surface area contributed by atoms with Crippen molar-refractivity contribution in [3.05, 3.63) is 0 Å². The highest BCUT2D eigenvalue weighted by Crippen LogP contribution is 2.03. The van der Waals surface area contributed by atoms with Crippen LogP contribution in [-0.4, -0.2) is 46.4 Å². The molecule has 0 radical (unpaired) electrons. The first-order valence-electron chi connectivity index (χ1n) is 5.61. The zero-order valence-electron chi connectivity index (χ0n) is 11.0. The average molecular weight is 257 g/mol. The first kappa shape index (κ1) is 16.6. The number of hydrogen-bond donors (Lipinski definition) is 2. The summed E-state index contributed by atoms with van der Waals surface area (Å²) in [7, 11) is 0. The highest BCUT2D eigenvalue weighted by molar-refractivity contribution is 5.93. The van der Waals surface area contributed by atoms with Gasteiger partial charge < -0.3 is 5.11 Å². The average Bonchev–Trinajstić information content (AvgIpc) is 2.21. The van der Waals surface area contributed by atoms with E-state index in [1.807, 2.05) is 0 Å². The third-order valence-corrected chi connectivity index (χ3v) is 2.53. The number of rotatable bonds is 8. The Morgan fingerprint density at radius 1 is 0.944 bits per heavy atom.